The number of anilines is 2. The van der Waals surface area contributed by atoms with Gasteiger partial charge in [0.15, 0.2) is 11.0 Å². The van der Waals surface area contributed by atoms with Crippen molar-refractivity contribution in [3.8, 4) is 0 Å². The van der Waals surface area contributed by atoms with Crippen molar-refractivity contribution in [3.63, 3.8) is 0 Å². The lowest BCUT2D eigenvalue weighted by atomic mass is 10.4. The number of nitrogens with zero attached hydrogens (tertiary/aromatic N) is 5. The fourth-order valence-corrected chi connectivity index (χ4v) is 1.51. The van der Waals surface area contributed by atoms with Crippen LogP contribution in [0.2, 0.25) is 5.15 Å². The van der Waals surface area contributed by atoms with E-state index in [1.807, 2.05) is 0 Å². The van der Waals surface area contributed by atoms with Gasteiger partial charge in [-0.15, -0.1) is 5.10 Å². The maximum Gasteiger partial charge on any atom is 0.218 e. The van der Waals surface area contributed by atoms with Crippen LogP contribution in [0.1, 0.15) is 0 Å². The zero-order chi connectivity index (χ0) is 10.3. The Morgan fingerprint density at radius 1 is 1.36 bits per heavy atom. The molecule has 0 atom stereocenters. The highest BCUT2D eigenvalue weighted by molar-refractivity contribution is 6.33. The zero-order valence-electron chi connectivity index (χ0n) is 7.77. The molecule has 7 heteroatoms. The smallest absolute Gasteiger partial charge is 0.218 e. The fraction of sp³-hybridized carbons (Fsp3) is 0.286. The second kappa shape index (κ2) is 2.98. The van der Waals surface area contributed by atoms with E-state index in [0.29, 0.717) is 22.6 Å². The minimum Gasteiger partial charge on any atom is -0.368 e. The van der Waals surface area contributed by atoms with Crippen LogP contribution in [-0.4, -0.2) is 30.0 Å². The van der Waals surface area contributed by atoms with Gasteiger partial charge in [0.1, 0.15) is 12.0 Å². The van der Waals surface area contributed by atoms with Gasteiger partial charge in [0.2, 0.25) is 5.96 Å². The first-order valence-electron chi connectivity index (χ1n) is 3.93. The molecule has 0 aliphatic carbocycles. The molecular weight excluding hydrogens is 204 g/mol. The molecule has 1 aromatic heterocycles. The van der Waals surface area contributed by atoms with Crippen LogP contribution in [0.15, 0.2) is 11.4 Å². The molecule has 1 aromatic rings. The van der Waals surface area contributed by atoms with Gasteiger partial charge in [-0.05, 0) is 0 Å². The predicted molar refractivity (Wildman–Crippen MR) is 55.5 cm³/mol. The largest absolute Gasteiger partial charge is 0.368 e. The summed E-state index contributed by atoms with van der Waals surface area (Å²) in [6.45, 7) is 0. The van der Waals surface area contributed by atoms with Crippen molar-refractivity contribution in [1.29, 1.82) is 0 Å². The number of guanidine groups is 1. The van der Waals surface area contributed by atoms with E-state index in [0.717, 1.165) is 0 Å². The molecule has 0 unspecified atom stereocenters. The van der Waals surface area contributed by atoms with Crippen LogP contribution >= 0.6 is 11.6 Å². The molecule has 2 heterocycles. The Morgan fingerprint density at radius 3 is 2.79 bits per heavy atom. The van der Waals surface area contributed by atoms with Crippen molar-refractivity contribution in [2.75, 3.05) is 24.0 Å². The molecule has 6 nitrogen and oxygen atoms in total. The summed E-state index contributed by atoms with van der Waals surface area (Å²) in [5, 5.41) is 5.98. The van der Waals surface area contributed by atoms with Crippen LogP contribution in [-0.2, 0) is 0 Å². The summed E-state index contributed by atoms with van der Waals surface area (Å²) in [4.78, 5) is 9.61. The SMILES string of the molecule is CN1N=C(N)N(C)c2c(Cl)ncnc21. The maximum absolute atomic E-state index is 5.94. The normalized spacial score (nSPS) is 15.2. The summed E-state index contributed by atoms with van der Waals surface area (Å²) < 4.78 is 0. The number of rotatable bonds is 0. The summed E-state index contributed by atoms with van der Waals surface area (Å²) >= 11 is 5.94. The zero-order valence-corrected chi connectivity index (χ0v) is 8.52. The first kappa shape index (κ1) is 9.01. The summed E-state index contributed by atoms with van der Waals surface area (Å²) in [5.41, 5.74) is 6.34. The Kier molecular flexibility index (Phi) is 1.92. The molecular formula is C7H9ClN6. The Labute approximate surface area is 86.0 Å². The van der Waals surface area contributed by atoms with Crippen molar-refractivity contribution in [2.24, 2.45) is 10.8 Å². The molecule has 1 aliphatic heterocycles. The van der Waals surface area contributed by atoms with Crippen LogP contribution in [0.5, 0.6) is 0 Å². The van der Waals surface area contributed by atoms with Crippen molar-refractivity contribution in [3.05, 3.63) is 11.5 Å². The van der Waals surface area contributed by atoms with E-state index in [9.17, 15) is 0 Å². The second-order valence-electron chi connectivity index (χ2n) is 2.88. The van der Waals surface area contributed by atoms with E-state index < -0.39 is 0 Å². The van der Waals surface area contributed by atoms with Crippen LogP contribution in [0.25, 0.3) is 0 Å². The van der Waals surface area contributed by atoms with E-state index in [1.54, 1.807) is 24.0 Å². The first-order chi connectivity index (χ1) is 6.61. The molecule has 0 radical (unpaired) electrons. The molecule has 0 bridgehead atoms. The Hall–Kier alpha value is -1.56. The number of nitrogens with two attached hydrogens (primary N) is 1. The van der Waals surface area contributed by atoms with E-state index in [2.05, 4.69) is 15.1 Å². The number of fused-ring (bicyclic) bond motifs is 1. The average molecular weight is 213 g/mol. The van der Waals surface area contributed by atoms with Crippen LogP contribution < -0.4 is 15.6 Å². The van der Waals surface area contributed by atoms with Crippen LogP contribution in [0, 0.1) is 0 Å². The molecule has 14 heavy (non-hydrogen) atoms. The Morgan fingerprint density at radius 2 is 2.07 bits per heavy atom. The van der Waals surface area contributed by atoms with Gasteiger partial charge < -0.3 is 10.6 Å². The third-order valence-corrected chi connectivity index (χ3v) is 2.27. The molecule has 74 valence electrons. The van der Waals surface area contributed by atoms with Gasteiger partial charge in [0, 0.05) is 14.1 Å². The number of hydrazone groups is 1. The van der Waals surface area contributed by atoms with E-state index in [4.69, 9.17) is 17.3 Å². The number of aromatic nitrogens is 2. The van der Waals surface area contributed by atoms with Gasteiger partial charge >= 0.3 is 0 Å². The maximum atomic E-state index is 5.94. The minimum atomic E-state index is 0.358. The molecule has 0 spiro atoms. The number of hydrogen-bond donors (Lipinski definition) is 1. The summed E-state index contributed by atoms with van der Waals surface area (Å²) in [6.07, 6.45) is 1.39. The first-order valence-corrected chi connectivity index (χ1v) is 4.31. The monoisotopic (exact) mass is 212 g/mol. The van der Waals surface area contributed by atoms with Gasteiger partial charge in [-0.2, -0.15) is 0 Å². The topological polar surface area (TPSA) is 70.6 Å². The number of hydrogen-bond acceptors (Lipinski definition) is 6. The average Bonchev–Trinajstić information content (AvgIpc) is 2.14. The number of halogens is 1. The highest BCUT2D eigenvalue weighted by Gasteiger charge is 2.24. The highest BCUT2D eigenvalue weighted by Crippen LogP contribution is 2.33. The van der Waals surface area contributed by atoms with E-state index in [-0.39, 0.29) is 0 Å². The van der Waals surface area contributed by atoms with Gasteiger partial charge in [0.25, 0.3) is 0 Å². The van der Waals surface area contributed by atoms with Crippen molar-refractivity contribution in [2.45, 2.75) is 0 Å². The third-order valence-electron chi connectivity index (χ3n) is 2.00. The standard InChI is InChI=1S/C7H9ClN6/c1-13-4-5(8)10-3-11-6(4)14(2)12-7(13)9/h3H,1-2H3,(H2,9,12). The molecule has 0 fully saturated rings. The van der Waals surface area contributed by atoms with E-state index in [1.165, 1.54) is 6.33 Å². The quantitative estimate of drug-likeness (QED) is 0.624. The predicted octanol–water partition coefficient (Wildman–Crippen LogP) is 0.246. The molecule has 2 rings (SSSR count). The van der Waals surface area contributed by atoms with Crippen LogP contribution in [0.3, 0.4) is 0 Å². The molecule has 0 amide bonds. The lowest BCUT2D eigenvalue weighted by Crippen LogP contribution is -2.40. The van der Waals surface area contributed by atoms with Gasteiger partial charge in [-0.3, -0.25) is 0 Å². The molecule has 0 saturated heterocycles. The van der Waals surface area contributed by atoms with Gasteiger partial charge in [-0.25, -0.2) is 15.0 Å². The highest BCUT2D eigenvalue weighted by atomic mass is 35.5. The Bertz CT molecular complexity index is 403. The lowest BCUT2D eigenvalue weighted by Gasteiger charge is -2.29. The van der Waals surface area contributed by atoms with E-state index >= 15 is 0 Å². The molecule has 0 aromatic carbocycles. The molecule has 2 N–H and O–H groups in total. The minimum absolute atomic E-state index is 0.358. The van der Waals surface area contributed by atoms with Crippen LogP contribution in [0.4, 0.5) is 11.5 Å². The van der Waals surface area contributed by atoms with Gasteiger partial charge in [0.05, 0.1) is 0 Å². The molecule has 0 saturated carbocycles. The van der Waals surface area contributed by atoms with Crippen molar-refractivity contribution >= 4 is 29.1 Å². The second-order valence-corrected chi connectivity index (χ2v) is 3.24. The third kappa shape index (κ3) is 1.15. The summed E-state index contributed by atoms with van der Waals surface area (Å²) in [5.74, 6) is 0.999. The summed E-state index contributed by atoms with van der Waals surface area (Å²) in [7, 11) is 3.52. The van der Waals surface area contributed by atoms with Crippen molar-refractivity contribution < 1.29 is 0 Å². The lowest BCUT2D eigenvalue weighted by molar-refractivity contribution is 0.916. The summed E-state index contributed by atoms with van der Waals surface area (Å²) in [6, 6.07) is 0. The fourth-order valence-electron chi connectivity index (χ4n) is 1.26. The Balaban J connectivity index is 2.63. The van der Waals surface area contributed by atoms with Gasteiger partial charge in [-0.1, -0.05) is 11.6 Å². The van der Waals surface area contributed by atoms with Crippen molar-refractivity contribution in [1.82, 2.24) is 9.97 Å². The molecule has 1 aliphatic rings.